The highest BCUT2D eigenvalue weighted by molar-refractivity contribution is 6.32. The summed E-state index contributed by atoms with van der Waals surface area (Å²) in [4.78, 5) is 13.2. The average molecular weight is 375 g/mol. The Morgan fingerprint density at radius 3 is 2.46 bits per heavy atom. The zero-order chi connectivity index (χ0) is 19.4. The van der Waals surface area contributed by atoms with E-state index < -0.39 is 0 Å². The van der Waals surface area contributed by atoms with Gasteiger partial charge >= 0.3 is 0 Å². The van der Waals surface area contributed by atoms with Crippen LogP contribution in [0.2, 0.25) is 5.02 Å². The number of nitrogens with zero attached hydrogens (tertiary/aromatic N) is 2. The van der Waals surface area contributed by atoms with Crippen LogP contribution < -0.4 is 4.74 Å². The second kappa shape index (κ2) is 8.54. The number of carbonyl (C=O) groups is 1. The van der Waals surface area contributed by atoms with E-state index >= 15 is 0 Å². The van der Waals surface area contributed by atoms with E-state index in [2.05, 4.69) is 12.0 Å². The molecule has 0 radical (unpaired) electrons. The van der Waals surface area contributed by atoms with Crippen molar-refractivity contribution < 1.29 is 9.53 Å². The maximum absolute atomic E-state index is 13.2. The molecule has 0 fully saturated rings. The van der Waals surface area contributed by atoms with Gasteiger partial charge in [-0.15, -0.1) is 0 Å². The first-order valence-electron chi connectivity index (χ1n) is 9.00. The number of ether oxygens (including phenoxy) is 1. The molecule has 0 aliphatic heterocycles. The standard InChI is InChI=1S/C21H27ClN2O2/c1-7-11-24-21(26-8-2)17(12-23-24)20(25)16-9-10-18(22)19(15(16)6)14(5)13(3)4/h9-10,12H,7-8,11H2,1-6H3. The van der Waals surface area contributed by atoms with Crippen molar-refractivity contribution >= 4 is 23.0 Å². The second-order valence-corrected chi connectivity index (χ2v) is 6.98. The fourth-order valence-electron chi connectivity index (χ4n) is 2.97. The summed E-state index contributed by atoms with van der Waals surface area (Å²) in [6.45, 7) is 13.2. The Morgan fingerprint density at radius 2 is 1.88 bits per heavy atom. The molecular weight excluding hydrogens is 348 g/mol. The maximum atomic E-state index is 13.2. The van der Waals surface area contributed by atoms with E-state index in [9.17, 15) is 4.79 Å². The molecule has 1 heterocycles. The van der Waals surface area contributed by atoms with Crippen LogP contribution in [0.4, 0.5) is 0 Å². The van der Waals surface area contributed by atoms with Crippen molar-refractivity contribution in [3.05, 3.63) is 51.2 Å². The number of halogens is 1. The molecule has 0 N–H and O–H groups in total. The van der Waals surface area contributed by atoms with Crippen LogP contribution in [0.15, 0.2) is 23.9 Å². The molecule has 2 aromatic rings. The molecule has 4 nitrogen and oxygen atoms in total. The van der Waals surface area contributed by atoms with E-state index in [4.69, 9.17) is 16.3 Å². The van der Waals surface area contributed by atoms with E-state index in [1.54, 1.807) is 23.0 Å². The first-order valence-corrected chi connectivity index (χ1v) is 9.38. The quantitative estimate of drug-likeness (QED) is 0.584. The van der Waals surface area contributed by atoms with Gasteiger partial charge in [-0.2, -0.15) is 5.10 Å². The lowest BCUT2D eigenvalue weighted by atomic mass is 9.92. The highest BCUT2D eigenvalue weighted by atomic mass is 35.5. The van der Waals surface area contributed by atoms with Crippen molar-refractivity contribution in [3.8, 4) is 5.88 Å². The number of allylic oxidation sites excluding steroid dienone is 2. The summed E-state index contributed by atoms with van der Waals surface area (Å²) in [5.74, 6) is 0.446. The lowest BCUT2D eigenvalue weighted by Gasteiger charge is -2.15. The Labute approximate surface area is 160 Å². The van der Waals surface area contributed by atoms with Gasteiger partial charge in [0.2, 0.25) is 5.88 Å². The van der Waals surface area contributed by atoms with E-state index in [-0.39, 0.29) is 5.78 Å². The Morgan fingerprint density at radius 1 is 1.19 bits per heavy atom. The van der Waals surface area contributed by atoms with Gasteiger partial charge in [-0.3, -0.25) is 4.79 Å². The summed E-state index contributed by atoms with van der Waals surface area (Å²) in [5.41, 5.74) is 5.19. The van der Waals surface area contributed by atoms with Crippen LogP contribution in [0, 0.1) is 6.92 Å². The van der Waals surface area contributed by atoms with Crippen molar-refractivity contribution in [3.63, 3.8) is 0 Å². The van der Waals surface area contributed by atoms with Gasteiger partial charge in [0.1, 0.15) is 5.56 Å². The largest absolute Gasteiger partial charge is 0.478 e. The van der Waals surface area contributed by atoms with Crippen molar-refractivity contribution in [2.45, 2.75) is 54.5 Å². The molecule has 26 heavy (non-hydrogen) atoms. The van der Waals surface area contributed by atoms with Gasteiger partial charge in [-0.05, 0) is 69.9 Å². The molecule has 0 aliphatic rings. The van der Waals surface area contributed by atoms with Crippen molar-refractivity contribution in [2.75, 3.05) is 6.61 Å². The van der Waals surface area contributed by atoms with Crippen LogP contribution in [0.3, 0.4) is 0 Å². The van der Waals surface area contributed by atoms with Crippen LogP contribution >= 0.6 is 11.6 Å². The molecule has 5 heteroatoms. The summed E-state index contributed by atoms with van der Waals surface area (Å²) in [5, 5.41) is 5.00. The Hall–Kier alpha value is -2.07. The predicted octanol–water partition coefficient (Wildman–Crippen LogP) is 5.70. The maximum Gasteiger partial charge on any atom is 0.223 e. The zero-order valence-electron chi connectivity index (χ0n) is 16.4. The minimum absolute atomic E-state index is 0.0900. The third-order valence-electron chi connectivity index (χ3n) is 4.54. The molecule has 0 bridgehead atoms. The Balaban J connectivity index is 2.58. The molecule has 0 saturated carbocycles. The number of ketones is 1. The van der Waals surface area contributed by atoms with E-state index in [0.717, 1.165) is 23.1 Å². The zero-order valence-corrected chi connectivity index (χ0v) is 17.2. The molecule has 1 aromatic heterocycles. The topological polar surface area (TPSA) is 44.1 Å². The van der Waals surface area contributed by atoms with Crippen LogP contribution in [-0.2, 0) is 6.54 Å². The number of aryl methyl sites for hydroxylation is 1. The average Bonchev–Trinajstić information content (AvgIpc) is 2.98. The summed E-state index contributed by atoms with van der Waals surface area (Å²) < 4.78 is 7.48. The second-order valence-electron chi connectivity index (χ2n) is 6.57. The Kier molecular flexibility index (Phi) is 6.65. The van der Waals surface area contributed by atoms with Gasteiger partial charge in [0.05, 0.1) is 12.8 Å². The van der Waals surface area contributed by atoms with E-state index in [0.29, 0.717) is 35.2 Å². The van der Waals surface area contributed by atoms with Gasteiger partial charge in [0.15, 0.2) is 5.78 Å². The van der Waals surface area contributed by atoms with Crippen molar-refractivity contribution in [2.24, 2.45) is 0 Å². The number of aromatic nitrogens is 2. The molecule has 0 amide bonds. The minimum atomic E-state index is -0.0900. The molecule has 0 atom stereocenters. The highest BCUT2D eigenvalue weighted by Gasteiger charge is 2.23. The fraction of sp³-hybridized carbons (Fsp3) is 0.429. The van der Waals surface area contributed by atoms with Gasteiger partial charge in [-0.1, -0.05) is 24.1 Å². The summed E-state index contributed by atoms with van der Waals surface area (Å²) in [6, 6.07) is 3.58. The van der Waals surface area contributed by atoms with Gasteiger partial charge in [0.25, 0.3) is 0 Å². The molecule has 0 aliphatic carbocycles. The summed E-state index contributed by atoms with van der Waals surface area (Å²) in [6.07, 6.45) is 2.52. The van der Waals surface area contributed by atoms with E-state index in [1.807, 2.05) is 34.6 Å². The normalized spacial score (nSPS) is 10.7. The highest BCUT2D eigenvalue weighted by Crippen LogP contribution is 2.33. The molecular formula is C21H27ClN2O2. The molecule has 140 valence electrons. The Bertz CT molecular complexity index is 846. The first kappa shape index (κ1) is 20.2. The van der Waals surface area contributed by atoms with Crippen molar-refractivity contribution in [1.29, 1.82) is 0 Å². The number of benzene rings is 1. The third kappa shape index (κ3) is 3.85. The minimum Gasteiger partial charge on any atom is -0.478 e. The fourth-order valence-corrected chi connectivity index (χ4v) is 3.32. The lowest BCUT2D eigenvalue weighted by Crippen LogP contribution is -2.10. The lowest BCUT2D eigenvalue weighted by molar-refractivity contribution is 0.103. The van der Waals surface area contributed by atoms with Gasteiger partial charge < -0.3 is 4.74 Å². The predicted molar refractivity (Wildman–Crippen MR) is 107 cm³/mol. The van der Waals surface area contributed by atoms with Gasteiger partial charge in [0, 0.05) is 17.1 Å². The number of carbonyl (C=O) groups excluding carboxylic acids is 1. The first-order chi connectivity index (χ1) is 12.3. The monoisotopic (exact) mass is 374 g/mol. The smallest absolute Gasteiger partial charge is 0.223 e. The summed E-state index contributed by atoms with van der Waals surface area (Å²) in [7, 11) is 0. The molecule has 2 rings (SSSR count). The van der Waals surface area contributed by atoms with Crippen molar-refractivity contribution in [1.82, 2.24) is 9.78 Å². The van der Waals surface area contributed by atoms with Gasteiger partial charge in [-0.25, -0.2) is 4.68 Å². The van der Waals surface area contributed by atoms with Crippen LogP contribution in [0.5, 0.6) is 5.88 Å². The number of hydrogen-bond acceptors (Lipinski definition) is 3. The van der Waals surface area contributed by atoms with Crippen LogP contribution in [-0.4, -0.2) is 22.2 Å². The van der Waals surface area contributed by atoms with E-state index in [1.165, 1.54) is 5.57 Å². The summed E-state index contributed by atoms with van der Waals surface area (Å²) >= 11 is 6.43. The number of hydrogen-bond donors (Lipinski definition) is 0. The number of rotatable bonds is 7. The third-order valence-corrected chi connectivity index (χ3v) is 4.85. The molecule has 0 saturated heterocycles. The molecule has 0 unspecified atom stereocenters. The van der Waals surface area contributed by atoms with Crippen LogP contribution in [0.1, 0.15) is 68.1 Å². The van der Waals surface area contributed by atoms with Crippen LogP contribution in [0.25, 0.3) is 5.57 Å². The SMILES string of the molecule is CCCn1ncc(C(=O)c2ccc(Cl)c(C(C)=C(C)C)c2C)c1OCC. The molecule has 1 aromatic carbocycles. The molecule has 0 spiro atoms.